The predicted molar refractivity (Wildman–Crippen MR) is 58.0 cm³/mol. The molecule has 0 N–H and O–H groups in total. The second-order valence-electron chi connectivity index (χ2n) is 3.25. The Morgan fingerprint density at radius 2 is 1.79 bits per heavy atom. The van der Waals surface area contributed by atoms with Crippen molar-refractivity contribution in [2.75, 3.05) is 0 Å². The van der Waals surface area contributed by atoms with E-state index < -0.39 is 0 Å². The van der Waals surface area contributed by atoms with Gasteiger partial charge in [0.15, 0.2) is 5.15 Å². The lowest BCUT2D eigenvalue weighted by molar-refractivity contribution is 0.846. The van der Waals surface area contributed by atoms with Crippen LogP contribution in [0.2, 0.25) is 5.15 Å². The van der Waals surface area contributed by atoms with E-state index in [1.165, 1.54) is 0 Å². The van der Waals surface area contributed by atoms with E-state index in [1.54, 1.807) is 0 Å². The fourth-order valence-corrected chi connectivity index (χ4v) is 1.58. The molecular weight excluding hydrogens is 196 g/mol. The normalized spacial score (nSPS) is 10.5. The molecule has 1 aromatic carbocycles. The van der Waals surface area contributed by atoms with Gasteiger partial charge in [-0.3, -0.25) is 0 Å². The quantitative estimate of drug-likeness (QED) is 0.701. The van der Waals surface area contributed by atoms with Crippen LogP contribution in [0.5, 0.6) is 0 Å². The highest BCUT2D eigenvalue weighted by Gasteiger charge is 2.09. The molecule has 0 aliphatic rings. The number of para-hydroxylation sites is 1. The molecule has 0 saturated carbocycles. The van der Waals surface area contributed by atoms with E-state index in [1.807, 2.05) is 48.9 Å². The van der Waals surface area contributed by atoms with E-state index in [4.69, 9.17) is 11.6 Å². The Morgan fingerprint density at radius 3 is 2.29 bits per heavy atom. The molecule has 0 spiro atoms. The molecule has 0 amide bonds. The highest BCUT2D eigenvalue weighted by molar-refractivity contribution is 6.30. The Bertz CT molecular complexity index is 446. The van der Waals surface area contributed by atoms with Gasteiger partial charge in [-0.05, 0) is 26.0 Å². The van der Waals surface area contributed by atoms with Gasteiger partial charge in [0.05, 0.1) is 5.69 Å². The first-order valence-electron chi connectivity index (χ1n) is 4.47. The Morgan fingerprint density at radius 1 is 1.14 bits per heavy atom. The van der Waals surface area contributed by atoms with Crippen LogP contribution in [0.15, 0.2) is 30.3 Å². The van der Waals surface area contributed by atoms with E-state index in [9.17, 15) is 0 Å². The van der Waals surface area contributed by atoms with Gasteiger partial charge in [-0.2, -0.15) is 5.10 Å². The third-order valence-corrected chi connectivity index (χ3v) is 2.72. The maximum absolute atomic E-state index is 5.95. The first-order valence-corrected chi connectivity index (χ1v) is 4.85. The molecule has 0 radical (unpaired) electrons. The highest BCUT2D eigenvalue weighted by atomic mass is 35.5. The van der Waals surface area contributed by atoms with Crippen LogP contribution in [0.4, 0.5) is 0 Å². The maximum Gasteiger partial charge on any atom is 0.154 e. The Hall–Kier alpha value is -1.28. The number of rotatable bonds is 1. The van der Waals surface area contributed by atoms with E-state index >= 15 is 0 Å². The van der Waals surface area contributed by atoms with Crippen molar-refractivity contribution in [3.63, 3.8) is 0 Å². The molecule has 2 rings (SSSR count). The average Bonchev–Trinajstić information content (AvgIpc) is 2.47. The number of aromatic nitrogens is 2. The second-order valence-corrected chi connectivity index (χ2v) is 3.61. The number of hydrogen-bond donors (Lipinski definition) is 0. The summed E-state index contributed by atoms with van der Waals surface area (Å²) >= 11 is 5.95. The summed E-state index contributed by atoms with van der Waals surface area (Å²) in [5.74, 6) is 0. The fraction of sp³-hybridized carbons (Fsp3) is 0.182. The molecule has 0 aliphatic carbocycles. The Labute approximate surface area is 88.1 Å². The molecule has 0 saturated heterocycles. The van der Waals surface area contributed by atoms with Gasteiger partial charge in [0.1, 0.15) is 0 Å². The minimum Gasteiger partial charge on any atom is -0.236 e. The molecule has 14 heavy (non-hydrogen) atoms. The second kappa shape index (κ2) is 3.46. The SMILES string of the molecule is Cc1c(Cl)nn(-c2ccccc2)c1C. The van der Waals surface area contributed by atoms with Crippen LogP contribution < -0.4 is 0 Å². The molecule has 1 heterocycles. The van der Waals surface area contributed by atoms with Gasteiger partial charge in [0.2, 0.25) is 0 Å². The van der Waals surface area contributed by atoms with E-state index in [2.05, 4.69) is 5.10 Å². The molecule has 0 fully saturated rings. The minimum absolute atomic E-state index is 0.575. The van der Waals surface area contributed by atoms with Crippen molar-refractivity contribution in [1.82, 2.24) is 9.78 Å². The monoisotopic (exact) mass is 206 g/mol. The standard InChI is InChI=1S/C11H11ClN2/c1-8-9(2)14(13-11(8)12)10-6-4-3-5-7-10/h3-7H,1-2H3. The van der Waals surface area contributed by atoms with Crippen LogP contribution in [-0.2, 0) is 0 Å². The summed E-state index contributed by atoms with van der Waals surface area (Å²) < 4.78 is 1.86. The number of halogens is 1. The van der Waals surface area contributed by atoms with Crippen LogP contribution >= 0.6 is 11.6 Å². The lowest BCUT2D eigenvalue weighted by atomic mass is 10.3. The van der Waals surface area contributed by atoms with Gasteiger partial charge in [-0.1, -0.05) is 29.8 Å². The lowest BCUT2D eigenvalue weighted by Crippen LogP contribution is -1.98. The first kappa shape index (κ1) is 9.28. The van der Waals surface area contributed by atoms with Crippen molar-refractivity contribution in [1.29, 1.82) is 0 Å². The topological polar surface area (TPSA) is 17.8 Å². The van der Waals surface area contributed by atoms with Gasteiger partial charge in [0.25, 0.3) is 0 Å². The van der Waals surface area contributed by atoms with E-state index in [-0.39, 0.29) is 0 Å². The van der Waals surface area contributed by atoms with E-state index in [0.29, 0.717) is 5.15 Å². The van der Waals surface area contributed by atoms with Crippen LogP contribution in [0.1, 0.15) is 11.3 Å². The van der Waals surface area contributed by atoms with Crippen molar-refractivity contribution < 1.29 is 0 Å². The third-order valence-electron chi connectivity index (χ3n) is 2.36. The fourth-order valence-electron chi connectivity index (χ4n) is 1.37. The summed E-state index contributed by atoms with van der Waals surface area (Å²) in [5, 5.41) is 4.84. The van der Waals surface area contributed by atoms with Crippen molar-refractivity contribution in [3.05, 3.63) is 46.7 Å². The maximum atomic E-state index is 5.95. The van der Waals surface area contributed by atoms with Gasteiger partial charge in [-0.15, -0.1) is 0 Å². The molecule has 0 unspecified atom stereocenters. The van der Waals surface area contributed by atoms with Crippen LogP contribution in [0, 0.1) is 13.8 Å². The van der Waals surface area contributed by atoms with Crippen LogP contribution in [0.25, 0.3) is 5.69 Å². The molecule has 2 nitrogen and oxygen atoms in total. The third kappa shape index (κ3) is 1.42. The van der Waals surface area contributed by atoms with Gasteiger partial charge < -0.3 is 0 Å². The molecule has 72 valence electrons. The largest absolute Gasteiger partial charge is 0.236 e. The van der Waals surface area contributed by atoms with E-state index in [0.717, 1.165) is 16.9 Å². The smallest absolute Gasteiger partial charge is 0.154 e. The zero-order valence-electron chi connectivity index (χ0n) is 8.16. The first-order chi connectivity index (χ1) is 6.70. The average molecular weight is 207 g/mol. The number of benzene rings is 1. The Balaban J connectivity index is 2.58. The van der Waals surface area contributed by atoms with Crippen molar-refractivity contribution in [2.45, 2.75) is 13.8 Å². The molecule has 1 aromatic heterocycles. The zero-order valence-corrected chi connectivity index (χ0v) is 8.92. The summed E-state index contributed by atoms with van der Waals surface area (Å²) in [4.78, 5) is 0. The van der Waals surface area contributed by atoms with Crippen LogP contribution in [0.3, 0.4) is 0 Å². The summed E-state index contributed by atoms with van der Waals surface area (Å²) in [5.41, 5.74) is 3.16. The molecule has 0 bridgehead atoms. The lowest BCUT2D eigenvalue weighted by Gasteiger charge is -2.02. The highest BCUT2D eigenvalue weighted by Crippen LogP contribution is 2.20. The molecule has 3 heteroatoms. The minimum atomic E-state index is 0.575. The predicted octanol–water partition coefficient (Wildman–Crippen LogP) is 3.14. The van der Waals surface area contributed by atoms with Crippen LogP contribution in [-0.4, -0.2) is 9.78 Å². The summed E-state index contributed by atoms with van der Waals surface area (Å²) in [6, 6.07) is 9.97. The Kier molecular flexibility index (Phi) is 2.30. The van der Waals surface area contributed by atoms with Gasteiger partial charge in [-0.25, -0.2) is 4.68 Å². The molecule has 0 atom stereocenters. The molecular formula is C11H11ClN2. The number of hydrogen-bond acceptors (Lipinski definition) is 1. The zero-order chi connectivity index (χ0) is 10.1. The van der Waals surface area contributed by atoms with Gasteiger partial charge in [0, 0.05) is 11.3 Å². The number of nitrogens with zero attached hydrogens (tertiary/aromatic N) is 2. The van der Waals surface area contributed by atoms with Crippen molar-refractivity contribution >= 4 is 11.6 Å². The summed E-state index contributed by atoms with van der Waals surface area (Å²) in [6.45, 7) is 3.99. The summed E-state index contributed by atoms with van der Waals surface area (Å²) in [7, 11) is 0. The van der Waals surface area contributed by atoms with Gasteiger partial charge >= 0.3 is 0 Å². The molecule has 2 aromatic rings. The summed E-state index contributed by atoms with van der Waals surface area (Å²) in [6.07, 6.45) is 0. The van der Waals surface area contributed by atoms with Crippen molar-refractivity contribution in [3.8, 4) is 5.69 Å². The molecule has 0 aliphatic heterocycles. The van der Waals surface area contributed by atoms with Crippen molar-refractivity contribution in [2.24, 2.45) is 0 Å².